The van der Waals surface area contributed by atoms with Gasteiger partial charge < -0.3 is 19.8 Å². The van der Waals surface area contributed by atoms with E-state index in [2.05, 4.69) is 19.5 Å². The van der Waals surface area contributed by atoms with E-state index in [4.69, 9.17) is 15.2 Å². The fourth-order valence-electron chi connectivity index (χ4n) is 3.61. The van der Waals surface area contributed by atoms with Crippen molar-refractivity contribution in [1.82, 2.24) is 19.5 Å². The maximum absolute atomic E-state index is 6.11. The summed E-state index contributed by atoms with van der Waals surface area (Å²) < 4.78 is 14.1. The molecule has 0 amide bonds. The van der Waals surface area contributed by atoms with Crippen LogP contribution in [-0.4, -0.2) is 32.2 Å². The van der Waals surface area contributed by atoms with Crippen LogP contribution >= 0.6 is 0 Å². The van der Waals surface area contributed by atoms with Gasteiger partial charge in [-0.05, 0) is 12.1 Å². The smallest absolute Gasteiger partial charge is 0.219 e. The summed E-state index contributed by atoms with van der Waals surface area (Å²) in [7, 11) is 0. The van der Waals surface area contributed by atoms with Gasteiger partial charge in [0.1, 0.15) is 12.7 Å². The average Bonchev–Trinajstić information content (AvgIpc) is 3.22. The maximum atomic E-state index is 6.11. The lowest BCUT2D eigenvalue weighted by Gasteiger charge is -2.26. The van der Waals surface area contributed by atoms with Gasteiger partial charge in [-0.3, -0.25) is 0 Å². The Labute approximate surface area is 174 Å². The Morgan fingerprint density at radius 2 is 1.63 bits per heavy atom. The van der Waals surface area contributed by atoms with Crippen molar-refractivity contribution in [3.05, 3.63) is 73.3 Å². The molecule has 3 heterocycles. The Hall–Kier alpha value is -3.87. The van der Waals surface area contributed by atoms with Crippen LogP contribution < -0.4 is 15.2 Å². The molecule has 2 aromatic heterocycles. The van der Waals surface area contributed by atoms with Gasteiger partial charge >= 0.3 is 0 Å². The van der Waals surface area contributed by atoms with Gasteiger partial charge in [0.2, 0.25) is 5.95 Å². The SMILES string of the molecule is Nc1ncc(-c2c(-c3ccccc3)ncn2CCC2COc3ccccc3O2)cn1. The summed E-state index contributed by atoms with van der Waals surface area (Å²) >= 11 is 0. The Balaban J connectivity index is 1.42. The van der Waals surface area contributed by atoms with Gasteiger partial charge in [0.25, 0.3) is 0 Å². The van der Waals surface area contributed by atoms with E-state index in [1.54, 1.807) is 12.4 Å². The Kier molecular flexibility index (Phi) is 4.77. The predicted molar refractivity (Wildman–Crippen MR) is 114 cm³/mol. The molecule has 1 unspecified atom stereocenters. The van der Waals surface area contributed by atoms with Crippen LogP contribution in [0, 0.1) is 0 Å². The quantitative estimate of drug-likeness (QED) is 0.549. The van der Waals surface area contributed by atoms with Crippen molar-refractivity contribution in [2.45, 2.75) is 19.1 Å². The van der Waals surface area contributed by atoms with E-state index in [1.807, 2.05) is 60.9 Å². The number of nitrogen functional groups attached to an aromatic ring is 1. The van der Waals surface area contributed by atoms with Gasteiger partial charge in [-0.15, -0.1) is 0 Å². The lowest BCUT2D eigenvalue weighted by molar-refractivity contribution is 0.0817. The maximum Gasteiger partial charge on any atom is 0.219 e. The van der Waals surface area contributed by atoms with Gasteiger partial charge in [-0.25, -0.2) is 15.0 Å². The molecule has 1 aliphatic heterocycles. The molecule has 0 radical (unpaired) electrons. The van der Waals surface area contributed by atoms with E-state index in [1.165, 1.54) is 0 Å². The summed E-state index contributed by atoms with van der Waals surface area (Å²) in [6.45, 7) is 1.24. The highest BCUT2D eigenvalue weighted by atomic mass is 16.6. The monoisotopic (exact) mass is 399 g/mol. The first-order valence-corrected chi connectivity index (χ1v) is 9.85. The third kappa shape index (κ3) is 3.57. The largest absolute Gasteiger partial charge is 0.486 e. The van der Waals surface area contributed by atoms with Gasteiger partial charge in [0.05, 0.1) is 17.7 Å². The van der Waals surface area contributed by atoms with Crippen molar-refractivity contribution in [3.63, 3.8) is 0 Å². The minimum atomic E-state index is -0.0296. The Bertz CT molecular complexity index is 1140. The molecule has 0 bridgehead atoms. The lowest BCUT2D eigenvalue weighted by Crippen LogP contribution is -2.30. The summed E-state index contributed by atoms with van der Waals surface area (Å²) in [5.74, 6) is 1.83. The van der Waals surface area contributed by atoms with E-state index in [9.17, 15) is 0 Å². The van der Waals surface area contributed by atoms with Crippen LogP contribution in [0.4, 0.5) is 5.95 Å². The molecule has 7 heteroatoms. The van der Waals surface area contributed by atoms with Crippen LogP contribution in [-0.2, 0) is 6.54 Å². The molecule has 5 rings (SSSR count). The topological polar surface area (TPSA) is 88.1 Å². The van der Waals surface area contributed by atoms with Crippen molar-refractivity contribution in [2.24, 2.45) is 0 Å². The second-order valence-electron chi connectivity index (χ2n) is 7.12. The average molecular weight is 399 g/mol. The molecule has 0 spiro atoms. The highest BCUT2D eigenvalue weighted by Gasteiger charge is 2.22. The predicted octanol–water partition coefficient (Wildman–Crippen LogP) is 3.82. The number of anilines is 1. The van der Waals surface area contributed by atoms with Gasteiger partial charge in [0, 0.05) is 36.5 Å². The second-order valence-corrected chi connectivity index (χ2v) is 7.12. The molecule has 4 aromatic rings. The first kappa shape index (κ1) is 18.2. The summed E-state index contributed by atoms with van der Waals surface area (Å²) in [5.41, 5.74) is 9.43. The summed E-state index contributed by atoms with van der Waals surface area (Å²) in [6.07, 6.45) is 6.07. The number of hydrogen-bond donors (Lipinski definition) is 1. The molecule has 0 aliphatic carbocycles. The minimum Gasteiger partial charge on any atom is -0.486 e. The van der Waals surface area contributed by atoms with E-state index >= 15 is 0 Å². The van der Waals surface area contributed by atoms with E-state index in [0.717, 1.165) is 47.0 Å². The number of para-hydroxylation sites is 2. The van der Waals surface area contributed by atoms with E-state index in [0.29, 0.717) is 6.61 Å². The minimum absolute atomic E-state index is 0.0296. The van der Waals surface area contributed by atoms with Crippen molar-refractivity contribution in [3.8, 4) is 34.0 Å². The van der Waals surface area contributed by atoms with Crippen LogP contribution in [0.5, 0.6) is 11.5 Å². The Morgan fingerprint density at radius 1 is 0.900 bits per heavy atom. The van der Waals surface area contributed by atoms with Crippen molar-refractivity contribution < 1.29 is 9.47 Å². The summed E-state index contributed by atoms with van der Waals surface area (Å²) in [4.78, 5) is 13.0. The van der Waals surface area contributed by atoms with E-state index in [-0.39, 0.29) is 12.1 Å². The molecule has 0 saturated heterocycles. The van der Waals surface area contributed by atoms with Gasteiger partial charge in [0.15, 0.2) is 11.5 Å². The number of imidazole rings is 1. The molecule has 2 N–H and O–H groups in total. The van der Waals surface area contributed by atoms with Crippen molar-refractivity contribution in [2.75, 3.05) is 12.3 Å². The third-order valence-electron chi connectivity index (χ3n) is 5.09. The zero-order chi connectivity index (χ0) is 20.3. The number of benzene rings is 2. The van der Waals surface area contributed by atoms with Gasteiger partial charge in [-0.1, -0.05) is 42.5 Å². The molecule has 150 valence electrons. The number of nitrogens with two attached hydrogens (primary N) is 1. The number of hydrogen-bond acceptors (Lipinski definition) is 6. The number of aromatic nitrogens is 4. The molecule has 30 heavy (non-hydrogen) atoms. The molecular weight excluding hydrogens is 378 g/mol. The number of aryl methyl sites for hydroxylation is 1. The van der Waals surface area contributed by atoms with Crippen LogP contribution in [0.3, 0.4) is 0 Å². The van der Waals surface area contributed by atoms with Crippen molar-refractivity contribution >= 4 is 5.95 Å². The first-order valence-electron chi connectivity index (χ1n) is 9.85. The molecular formula is C23H21N5O2. The first-order chi connectivity index (χ1) is 14.8. The van der Waals surface area contributed by atoms with Crippen LogP contribution in [0.1, 0.15) is 6.42 Å². The summed E-state index contributed by atoms with van der Waals surface area (Å²) in [5, 5.41) is 0. The summed E-state index contributed by atoms with van der Waals surface area (Å²) in [6, 6.07) is 17.8. The normalized spacial score (nSPS) is 15.1. The molecule has 0 saturated carbocycles. The molecule has 0 fully saturated rings. The highest BCUT2D eigenvalue weighted by molar-refractivity contribution is 5.78. The fourth-order valence-corrected chi connectivity index (χ4v) is 3.61. The Morgan fingerprint density at radius 3 is 2.43 bits per heavy atom. The lowest BCUT2D eigenvalue weighted by atomic mass is 10.1. The van der Waals surface area contributed by atoms with Crippen molar-refractivity contribution in [1.29, 1.82) is 0 Å². The number of nitrogens with zero attached hydrogens (tertiary/aromatic N) is 4. The standard InChI is InChI=1S/C23H21N5O2/c24-23-25-12-17(13-26-23)22-21(16-6-2-1-3-7-16)27-15-28(22)11-10-18-14-29-19-8-4-5-9-20(19)30-18/h1-9,12-13,15,18H,10-11,14H2,(H2,24,25,26). The second kappa shape index (κ2) is 7.87. The highest BCUT2D eigenvalue weighted by Crippen LogP contribution is 2.33. The fraction of sp³-hybridized carbons (Fsp3) is 0.174. The zero-order valence-electron chi connectivity index (χ0n) is 16.3. The molecule has 2 aromatic carbocycles. The van der Waals surface area contributed by atoms with Crippen LogP contribution in [0.25, 0.3) is 22.5 Å². The van der Waals surface area contributed by atoms with Crippen LogP contribution in [0.2, 0.25) is 0 Å². The van der Waals surface area contributed by atoms with Crippen LogP contribution in [0.15, 0.2) is 73.3 Å². The zero-order valence-corrected chi connectivity index (χ0v) is 16.3. The third-order valence-corrected chi connectivity index (χ3v) is 5.09. The van der Waals surface area contributed by atoms with Gasteiger partial charge in [-0.2, -0.15) is 0 Å². The molecule has 1 aliphatic rings. The molecule has 1 atom stereocenters. The number of fused-ring (bicyclic) bond motifs is 1. The number of ether oxygens (including phenoxy) is 2. The number of rotatable bonds is 5. The van der Waals surface area contributed by atoms with E-state index < -0.39 is 0 Å². The molecule has 7 nitrogen and oxygen atoms in total.